The molecule has 0 bridgehead atoms. The molecule has 0 radical (unpaired) electrons. The number of nitrogens with one attached hydrogen (secondary N) is 1. The predicted octanol–water partition coefficient (Wildman–Crippen LogP) is 3.17. The third-order valence-electron chi connectivity index (χ3n) is 3.96. The number of esters is 1. The average Bonchev–Trinajstić information content (AvgIpc) is 2.69. The Morgan fingerprint density at radius 3 is 2.30 bits per heavy atom. The smallest absolute Gasteiger partial charge is 0.339 e. The molecule has 2 aromatic carbocycles. The van der Waals surface area contributed by atoms with E-state index in [9.17, 15) is 14.8 Å². The molecule has 1 amide bonds. The topological polar surface area (TPSA) is 82.3 Å². The van der Waals surface area contributed by atoms with Crippen molar-refractivity contribution in [3.63, 3.8) is 0 Å². The minimum Gasteiger partial charge on any atom is -0.619 e. The van der Waals surface area contributed by atoms with E-state index < -0.39 is 18.0 Å². The molecule has 3 rings (SSSR count). The van der Waals surface area contributed by atoms with Crippen LogP contribution in [0.5, 0.6) is 0 Å². The predicted molar refractivity (Wildman–Crippen MR) is 101 cm³/mol. The molecule has 1 aromatic heterocycles. The Labute approximate surface area is 156 Å². The van der Waals surface area contributed by atoms with Gasteiger partial charge in [-0.05, 0) is 18.6 Å². The van der Waals surface area contributed by atoms with Crippen molar-refractivity contribution in [2.45, 2.75) is 13.0 Å². The van der Waals surface area contributed by atoms with Gasteiger partial charge in [-0.1, -0.05) is 48.5 Å². The van der Waals surface area contributed by atoms with Crippen molar-refractivity contribution in [3.8, 4) is 11.1 Å². The summed E-state index contributed by atoms with van der Waals surface area (Å²) < 4.78 is 5.76. The van der Waals surface area contributed by atoms with E-state index in [1.165, 1.54) is 31.5 Å². The first kappa shape index (κ1) is 18.1. The number of nitrogens with zero attached hydrogens (tertiary/aromatic N) is 1. The second kappa shape index (κ2) is 8.14. The average molecular weight is 362 g/mol. The number of rotatable bonds is 5. The molecule has 0 spiro atoms. The van der Waals surface area contributed by atoms with Gasteiger partial charge in [0.25, 0.3) is 5.91 Å². The molecule has 1 atom stereocenters. The first-order valence-corrected chi connectivity index (χ1v) is 8.40. The quantitative estimate of drug-likeness (QED) is 0.429. The van der Waals surface area contributed by atoms with Crippen LogP contribution in [0.25, 0.3) is 11.1 Å². The molecule has 0 saturated heterocycles. The number of carbonyl (C=O) groups excluding carboxylic acids is 2. The van der Waals surface area contributed by atoms with Crippen LogP contribution in [0.15, 0.2) is 79.1 Å². The van der Waals surface area contributed by atoms with Crippen molar-refractivity contribution in [1.29, 1.82) is 0 Å². The van der Waals surface area contributed by atoms with Crippen LogP contribution in [-0.2, 0) is 9.53 Å². The number of hydrogen-bond donors (Lipinski definition) is 1. The molecule has 0 aliphatic rings. The van der Waals surface area contributed by atoms with E-state index in [0.29, 0.717) is 10.4 Å². The third kappa shape index (κ3) is 4.49. The Kier molecular flexibility index (Phi) is 5.47. The Morgan fingerprint density at radius 2 is 1.59 bits per heavy atom. The Balaban J connectivity index is 1.70. The van der Waals surface area contributed by atoms with Crippen LogP contribution in [0.2, 0.25) is 0 Å². The van der Waals surface area contributed by atoms with E-state index in [2.05, 4.69) is 5.32 Å². The molecule has 1 heterocycles. The molecule has 1 N–H and O–H groups in total. The van der Waals surface area contributed by atoms with Gasteiger partial charge in [-0.2, -0.15) is 4.73 Å². The van der Waals surface area contributed by atoms with Crippen LogP contribution in [0, 0.1) is 5.21 Å². The fraction of sp³-hybridized carbons (Fsp3) is 0.0952. The summed E-state index contributed by atoms with van der Waals surface area (Å²) >= 11 is 0. The Bertz CT molecular complexity index is 940. The number of anilines is 1. The Hall–Kier alpha value is -3.67. The van der Waals surface area contributed by atoms with Crippen LogP contribution in [0.4, 0.5) is 5.69 Å². The van der Waals surface area contributed by atoms with Gasteiger partial charge in [0.2, 0.25) is 0 Å². The van der Waals surface area contributed by atoms with E-state index in [-0.39, 0.29) is 5.56 Å². The zero-order valence-corrected chi connectivity index (χ0v) is 14.7. The molecule has 0 saturated carbocycles. The first-order chi connectivity index (χ1) is 13.0. The van der Waals surface area contributed by atoms with Crippen LogP contribution in [0.1, 0.15) is 17.3 Å². The number of carbonyl (C=O) groups is 2. The van der Waals surface area contributed by atoms with Gasteiger partial charge in [0.1, 0.15) is 0 Å². The number of aromatic nitrogens is 1. The van der Waals surface area contributed by atoms with E-state index in [1.54, 1.807) is 6.07 Å². The summed E-state index contributed by atoms with van der Waals surface area (Å²) in [5.74, 6) is -1.11. The lowest BCUT2D eigenvalue weighted by Gasteiger charge is -2.16. The van der Waals surface area contributed by atoms with Gasteiger partial charge in [-0.15, -0.1) is 0 Å². The number of ether oxygens (including phenoxy) is 1. The normalized spacial score (nSPS) is 11.4. The summed E-state index contributed by atoms with van der Waals surface area (Å²) in [7, 11) is 0. The number of benzene rings is 2. The van der Waals surface area contributed by atoms with Crippen molar-refractivity contribution < 1.29 is 19.1 Å². The molecular weight excluding hydrogens is 344 g/mol. The summed E-state index contributed by atoms with van der Waals surface area (Å²) in [5, 5.41) is 13.8. The lowest BCUT2D eigenvalue weighted by molar-refractivity contribution is -0.605. The molecule has 6 heteroatoms. The van der Waals surface area contributed by atoms with E-state index in [4.69, 9.17) is 4.74 Å². The molecule has 136 valence electrons. The number of para-hydroxylation sites is 1. The highest BCUT2D eigenvalue weighted by atomic mass is 16.5. The summed E-state index contributed by atoms with van der Waals surface area (Å²) in [6.45, 7) is 1.50. The molecule has 0 aliphatic carbocycles. The number of amides is 1. The third-order valence-corrected chi connectivity index (χ3v) is 3.96. The monoisotopic (exact) mass is 362 g/mol. The van der Waals surface area contributed by atoms with Gasteiger partial charge < -0.3 is 15.3 Å². The van der Waals surface area contributed by atoms with Gasteiger partial charge >= 0.3 is 5.97 Å². The molecule has 0 unspecified atom stereocenters. The maximum absolute atomic E-state index is 12.5. The summed E-state index contributed by atoms with van der Waals surface area (Å²) in [4.78, 5) is 24.6. The van der Waals surface area contributed by atoms with Gasteiger partial charge in [0.05, 0.1) is 5.56 Å². The highest BCUT2D eigenvalue weighted by Crippen LogP contribution is 2.27. The van der Waals surface area contributed by atoms with Gasteiger partial charge in [-0.3, -0.25) is 4.79 Å². The van der Waals surface area contributed by atoms with E-state index in [1.807, 2.05) is 48.5 Å². The van der Waals surface area contributed by atoms with Crippen molar-refractivity contribution in [1.82, 2.24) is 0 Å². The number of pyridine rings is 1. The zero-order chi connectivity index (χ0) is 19.2. The van der Waals surface area contributed by atoms with Crippen molar-refractivity contribution >= 4 is 17.6 Å². The fourth-order valence-corrected chi connectivity index (χ4v) is 2.53. The van der Waals surface area contributed by atoms with Crippen molar-refractivity contribution in [2.75, 3.05) is 5.32 Å². The lowest BCUT2D eigenvalue weighted by Crippen LogP contribution is -2.30. The molecular formula is C21H18N2O4. The van der Waals surface area contributed by atoms with Gasteiger partial charge in [-0.25, -0.2) is 4.79 Å². The fourth-order valence-electron chi connectivity index (χ4n) is 2.53. The molecule has 0 fully saturated rings. The highest BCUT2D eigenvalue weighted by Gasteiger charge is 2.20. The SMILES string of the molecule is C[C@H](OC(=O)c1cc[n+]([O-])cc1)C(=O)Nc1ccccc1-c1ccccc1. The van der Waals surface area contributed by atoms with Gasteiger partial charge in [0.15, 0.2) is 18.5 Å². The molecule has 6 nitrogen and oxygen atoms in total. The summed E-state index contributed by atoms with van der Waals surface area (Å²) in [6, 6.07) is 19.7. The summed E-state index contributed by atoms with van der Waals surface area (Å²) in [5.41, 5.74) is 2.66. The maximum atomic E-state index is 12.5. The summed E-state index contributed by atoms with van der Waals surface area (Å²) in [6.07, 6.45) is 1.38. The standard InChI is InChI=1S/C21H18N2O4/c1-15(27-21(25)17-11-13-23(26)14-12-17)20(24)22-19-10-6-5-9-18(19)16-7-3-2-4-8-16/h2-15H,1H3,(H,22,24)/t15-/m0/s1. The number of hydrogen-bond acceptors (Lipinski definition) is 4. The molecule has 3 aromatic rings. The maximum Gasteiger partial charge on any atom is 0.339 e. The Morgan fingerprint density at radius 1 is 0.963 bits per heavy atom. The lowest BCUT2D eigenvalue weighted by atomic mass is 10.0. The van der Waals surface area contributed by atoms with Gasteiger partial charge in [0, 0.05) is 23.4 Å². The molecule has 0 aliphatic heterocycles. The second-order valence-corrected chi connectivity index (χ2v) is 5.90. The van der Waals surface area contributed by atoms with E-state index in [0.717, 1.165) is 11.1 Å². The van der Waals surface area contributed by atoms with E-state index >= 15 is 0 Å². The molecule has 27 heavy (non-hydrogen) atoms. The van der Waals surface area contributed by atoms with Crippen LogP contribution < -0.4 is 10.0 Å². The minimum atomic E-state index is -0.999. The van der Waals surface area contributed by atoms with Crippen LogP contribution >= 0.6 is 0 Å². The van der Waals surface area contributed by atoms with Crippen LogP contribution in [0.3, 0.4) is 0 Å². The first-order valence-electron chi connectivity index (χ1n) is 8.40. The highest BCUT2D eigenvalue weighted by molar-refractivity contribution is 5.99. The van der Waals surface area contributed by atoms with Crippen molar-refractivity contribution in [2.24, 2.45) is 0 Å². The second-order valence-electron chi connectivity index (χ2n) is 5.90. The van der Waals surface area contributed by atoms with Crippen LogP contribution in [-0.4, -0.2) is 18.0 Å². The zero-order valence-electron chi connectivity index (χ0n) is 14.7. The largest absolute Gasteiger partial charge is 0.619 e. The van der Waals surface area contributed by atoms with Crippen molar-refractivity contribution in [3.05, 3.63) is 89.9 Å². The minimum absolute atomic E-state index is 0.200.